The van der Waals surface area contributed by atoms with Crippen molar-refractivity contribution in [3.63, 3.8) is 0 Å². The lowest BCUT2D eigenvalue weighted by Crippen LogP contribution is -2.51. The summed E-state index contributed by atoms with van der Waals surface area (Å²) in [7, 11) is 0. The van der Waals surface area contributed by atoms with Gasteiger partial charge in [-0.3, -0.25) is 14.7 Å². The fourth-order valence-electron chi connectivity index (χ4n) is 4.89. The van der Waals surface area contributed by atoms with Crippen molar-refractivity contribution in [1.29, 1.82) is 0 Å². The first-order chi connectivity index (χ1) is 11.5. The standard InChI is InChI=1S/C23H40N2O/c1-20(2,3)14-22(7,8)24-19-17(16-11-12-16)13-18(26)25(19)23(9,10)15-21(4,5)6/h13,16H,11-12,14-15H2,1-10H3. The Morgan fingerprint density at radius 1 is 0.923 bits per heavy atom. The SMILES string of the molecule is CC(C)(C)CC(C)(C)N=C1C(C2CC2)=CC(=O)N1C(C)(C)CC(C)(C)C. The lowest BCUT2D eigenvalue weighted by atomic mass is 9.80. The van der Waals surface area contributed by atoms with Crippen LogP contribution in [0.15, 0.2) is 16.6 Å². The van der Waals surface area contributed by atoms with Crippen LogP contribution in [0, 0.1) is 16.7 Å². The van der Waals surface area contributed by atoms with Crippen molar-refractivity contribution in [3.8, 4) is 0 Å². The molecule has 1 aliphatic carbocycles. The Balaban J connectivity index is 2.44. The predicted molar refractivity (Wildman–Crippen MR) is 111 cm³/mol. The van der Waals surface area contributed by atoms with Gasteiger partial charge in [0.15, 0.2) is 0 Å². The molecule has 0 aromatic carbocycles. The summed E-state index contributed by atoms with van der Waals surface area (Å²) in [5.74, 6) is 1.59. The van der Waals surface area contributed by atoms with Crippen LogP contribution < -0.4 is 0 Å². The van der Waals surface area contributed by atoms with Gasteiger partial charge in [0, 0.05) is 17.2 Å². The average molecular weight is 361 g/mol. The molecule has 0 aromatic heterocycles. The summed E-state index contributed by atoms with van der Waals surface area (Å²) in [6.07, 6.45) is 6.17. The van der Waals surface area contributed by atoms with Crippen LogP contribution >= 0.6 is 0 Å². The quantitative estimate of drug-likeness (QED) is 0.592. The van der Waals surface area contributed by atoms with Gasteiger partial charge in [-0.05, 0) is 70.1 Å². The molecule has 1 aliphatic heterocycles. The first kappa shape index (κ1) is 21.2. The zero-order valence-electron chi connectivity index (χ0n) is 18.8. The van der Waals surface area contributed by atoms with Crippen molar-refractivity contribution in [2.45, 2.75) is 106 Å². The molecule has 148 valence electrons. The summed E-state index contributed by atoms with van der Waals surface area (Å²) in [4.78, 5) is 20.2. The highest BCUT2D eigenvalue weighted by molar-refractivity contribution is 6.19. The number of carbonyl (C=O) groups is 1. The van der Waals surface area contributed by atoms with Crippen LogP contribution in [0.25, 0.3) is 0 Å². The van der Waals surface area contributed by atoms with E-state index < -0.39 is 0 Å². The maximum absolute atomic E-state index is 13.0. The van der Waals surface area contributed by atoms with Crippen molar-refractivity contribution >= 4 is 11.7 Å². The van der Waals surface area contributed by atoms with Crippen molar-refractivity contribution in [2.75, 3.05) is 0 Å². The third kappa shape index (κ3) is 5.44. The molecule has 0 spiro atoms. The average Bonchev–Trinajstić information content (AvgIpc) is 3.07. The molecule has 0 N–H and O–H groups in total. The molecule has 0 saturated heterocycles. The van der Waals surface area contributed by atoms with Gasteiger partial charge in [0.1, 0.15) is 5.84 Å². The summed E-state index contributed by atoms with van der Waals surface area (Å²) in [6.45, 7) is 22.3. The van der Waals surface area contributed by atoms with Gasteiger partial charge >= 0.3 is 0 Å². The van der Waals surface area contributed by atoms with Crippen LogP contribution in [0.2, 0.25) is 0 Å². The molecule has 26 heavy (non-hydrogen) atoms. The second-order valence-electron chi connectivity index (χ2n) is 12.1. The molecule has 1 saturated carbocycles. The summed E-state index contributed by atoms with van der Waals surface area (Å²) in [6, 6.07) is 0. The first-order valence-electron chi connectivity index (χ1n) is 10.2. The molecule has 1 heterocycles. The normalized spacial score (nSPS) is 21.6. The Hall–Kier alpha value is -1.12. The van der Waals surface area contributed by atoms with Crippen molar-refractivity contribution < 1.29 is 4.79 Å². The molecular weight excluding hydrogens is 320 g/mol. The Labute approximate surface area is 161 Å². The Kier molecular flexibility index (Phi) is 5.29. The van der Waals surface area contributed by atoms with E-state index in [0.29, 0.717) is 5.92 Å². The zero-order valence-corrected chi connectivity index (χ0v) is 18.8. The Bertz CT molecular complexity index is 620. The van der Waals surface area contributed by atoms with E-state index >= 15 is 0 Å². The highest BCUT2D eigenvalue weighted by atomic mass is 16.2. The molecule has 2 rings (SSSR count). The van der Waals surface area contributed by atoms with Crippen LogP contribution in [0.1, 0.15) is 94.9 Å². The monoisotopic (exact) mass is 360 g/mol. The van der Waals surface area contributed by atoms with Crippen molar-refractivity contribution in [3.05, 3.63) is 11.6 Å². The number of hydrogen-bond acceptors (Lipinski definition) is 2. The second kappa shape index (κ2) is 6.49. The van der Waals surface area contributed by atoms with E-state index in [4.69, 9.17) is 4.99 Å². The molecule has 0 atom stereocenters. The number of nitrogens with zero attached hydrogens (tertiary/aromatic N) is 2. The molecular formula is C23H40N2O. The molecule has 3 nitrogen and oxygen atoms in total. The second-order valence-corrected chi connectivity index (χ2v) is 12.1. The van der Waals surface area contributed by atoms with Gasteiger partial charge in [-0.1, -0.05) is 41.5 Å². The van der Waals surface area contributed by atoms with Gasteiger partial charge in [0.2, 0.25) is 0 Å². The van der Waals surface area contributed by atoms with Crippen LogP contribution in [0.5, 0.6) is 0 Å². The number of aliphatic imine (C=N–C) groups is 1. The predicted octanol–water partition coefficient (Wildman–Crippen LogP) is 5.99. The van der Waals surface area contributed by atoms with E-state index in [2.05, 4.69) is 69.2 Å². The highest BCUT2D eigenvalue weighted by Crippen LogP contribution is 2.44. The van der Waals surface area contributed by atoms with E-state index in [9.17, 15) is 4.79 Å². The molecule has 0 radical (unpaired) electrons. The number of hydrogen-bond donors (Lipinski definition) is 0. The molecule has 0 unspecified atom stereocenters. The first-order valence-corrected chi connectivity index (χ1v) is 10.2. The van der Waals surface area contributed by atoms with Gasteiger partial charge in [0.05, 0.1) is 5.54 Å². The smallest absolute Gasteiger partial charge is 0.253 e. The summed E-state index contributed by atoms with van der Waals surface area (Å²) >= 11 is 0. The Morgan fingerprint density at radius 2 is 1.42 bits per heavy atom. The number of amides is 1. The minimum absolute atomic E-state index is 0.117. The zero-order chi connectivity index (χ0) is 20.1. The fraction of sp³-hybridized carbons (Fsp3) is 0.826. The maximum atomic E-state index is 13.0. The van der Waals surface area contributed by atoms with Gasteiger partial charge in [-0.2, -0.15) is 0 Å². The van der Waals surface area contributed by atoms with E-state index in [-0.39, 0.29) is 27.8 Å². The van der Waals surface area contributed by atoms with Gasteiger partial charge in [-0.25, -0.2) is 0 Å². The van der Waals surface area contributed by atoms with E-state index in [1.807, 2.05) is 11.0 Å². The number of amidine groups is 1. The fourth-order valence-corrected chi connectivity index (χ4v) is 4.89. The van der Waals surface area contributed by atoms with Gasteiger partial charge < -0.3 is 0 Å². The molecule has 1 amide bonds. The van der Waals surface area contributed by atoms with E-state index in [1.54, 1.807) is 0 Å². The topological polar surface area (TPSA) is 32.7 Å². The summed E-state index contributed by atoms with van der Waals surface area (Å²) in [5.41, 5.74) is 1.09. The molecule has 0 bridgehead atoms. The molecule has 1 fully saturated rings. The molecule has 0 aromatic rings. The van der Waals surface area contributed by atoms with Gasteiger partial charge in [0.25, 0.3) is 5.91 Å². The lowest BCUT2D eigenvalue weighted by Gasteiger charge is -2.41. The maximum Gasteiger partial charge on any atom is 0.253 e. The third-order valence-electron chi connectivity index (χ3n) is 4.93. The molecule has 3 heteroatoms. The van der Waals surface area contributed by atoms with E-state index in [1.165, 1.54) is 18.4 Å². The van der Waals surface area contributed by atoms with Crippen molar-refractivity contribution in [2.24, 2.45) is 21.7 Å². The van der Waals surface area contributed by atoms with Crippen LogP contribution in [0.3, 0.4) is 0 Å². The number of rotatable bonds is 5. The third-order valence-corrected chi connectivity index (χ3v) is 4.93. The minimum Gasteiger partial charge on any atom is -0.288 e. The highest BCUT2D eigenvalue weighted by Gasteiger charge is 2.45. The van der Waals surface area contributed by atoms with E-state index in [0.717, 1.165) is 18.7 Å². The minimum atomic E-state index is -0.251. The molecule has 2 aliphatic rings. The Morgan fingerprint density at radius 3 is 1.85 bits per heavy atom. The van der Waals surface area contributed by atoms with Crippen LogP contribution in [0.4, 0.5) is 0 Å². The van der Waals surface area contributed by atoms with Crippen LogP contribution in [-0.2, 0) is 4.79 Å². The number of carbonyl (C=O) groups excluding carboxylic acids is 1. The summed E-state index contributed by atoms with van der Waals surface area (Å²) in [5, 5.41) is 0. The van der Waals surface area contributed by atoms with Crippen LogP contribution in [-0.4, -0.2) is 27.7 Å². The lowest BCUT2D eigenvalue weighted by molar-refractivity contribution is -0.125. The van der Waals surface area contributed by atoms with Crippen molar-refractivity contribution in [1.82, 2.24) is 4.90 Å². The van der Waals surface area contributed by atoms with Gasteiger partial charge in [-0.15, -0.1) is 0 Å². The summed E-state index contributed by atoms with van der Waals surface area (Å²) < 4.78 is 0. The largest absolute Gasteiger partial charge is 0.288 e.